The van der Waals surface area contributed by atoms with Gasteiger partial charge in [0, 0.05) is 12.3 Å². The van der Waals surface area contributed by atoms with Gasteiger partial charge in [-0.15, -0.1) is 0 Å². The Morgan fingerprint density at radius 1 is 1.60 bits per heavy atom. The van der Waals surface area contributed by atoms with Gasteiger partial charge in [0.15, 0.2) is 0 Å². The summed E-state index contributed by atoms with van der Waals surface area (Å²) in [4.78, 5) is 21.6. The summed E-state index contributed by atoms with van der Waals surface area (Å²) in [7, 11) is 0. The third kappa shape index (κ3) is 1.02. The van der Waals surface area contributed by atoms with E-state index in [1.807, 2.05) is 0 Å². The lowest BCUT2D eigenvalue weighted by atomic mass is 10.0. The zero-order chi connectivity index (χ0) is 7.72. The van der Waals surface area contributed by atoms with Crippen molar-refractivity contribution in [1.29, 1.82) is 0 Å². The number of nitrogens with two attached hydrogens (primary N) is 1. The fraction of sp³-hybridized carbons (Fsp3) is 0.667. The quantitative estimate of drug-likeness (QED) is 0.285. The van der Waals surface area contributed by atoms with Crippen molar-refractivity contribution in [2.24, 2.45) is 11.8 Å². The summed E-state index contributed by atoms with van der Waals surface area (Å²) >= 11 is 0. The molecule has 2 N–H and O–H groups in total. The predicted molar refractivity (Wildman–Crippen MR) is 34.4 cm³/mol. The van der Waals surface area contributed by atoms with Crippen LogP contribution in [0.1, 0.15) is 19.8 Å². The lowest BCUT2D eigenvalue weighted by Gasteiger charge is -2.23. The number of rotatable bonds is 0. The molecule has 1 rings (SSSR count). The minimum atomic E-state index is -0.275. The van der Waals surface area contributed by atoms with Gasteiger partial charge in [-0.3, -0.25) is 9.59 Å². The predicted octanol–water partition coefficient (Wildman–Crippen LogP) is -0.355. The van der Waals surface area contributed by atoms with Gasteiger partial charge in [0.25, 0.3) is 0 Å². The first-order chi connectivity index (χ1) is 4.63. The van der Waals surface area contributed by atoms with Crippen LogP contribution in [0, 0.1) is 5.92 Å². The van der Waals surface area contributed by atoms with E-state index in [9.17, 15) is 9.59 Å². The number of hydrazine groups is 1. The minimum absolute atomic E-state index is 0.0947. The fourth-order valence-electron chi connectivity index (χ4n) is 0.944. The summed E-state index contributed by atoms with van der Waals surface area (Å²) in [5.41, 5.74) is 0. The number of carbonyl (C=O) groups excluding carboxylic acids is 2. The van der Waals surface area contributed by atoms with E-state index in [1.54, 1.807) is 6.92 Å². The first-order valence-corrected chi connectivity index (χ1v) is 3.24. The highest BCUT2D eigenvalue weighted by molar-refractivity contribution is 5.97. The average Bonchev–Trinajstić information content (AvgIpc) is 1.93. The Balaban J connectivity index is 2.70. The van der Waals surface area contributed by atoms with Crippen LogP contribution in [0.3, 0.4) is 0 Å². The van der Waals surface area contributed by atoms with Gasteiger partial charge in [0.1, 0.15) is 0 Å². The zero-order valence-corrected chi connectivity index (χ0v) is 5.83. The molecule has 0 aliphatic carbocycles. The Kier molecular flexibility index (Phi) is 1.72. The number of piperidine rings is 1. The molecule has 0 spiro atoms. The molecule has 0 radical (unpaired) electrons. The van der Waals surface area contributed by atoms with Gasteiger partial charge < -0.3 is 0 Å². The Morgan fingerprint density at radius 3 is 2.70 bits per heavy atom. The molecule has 0 aromatic heterocycles. The molecule has 1 unspecified atom stereocenters. The van der Waals surface area contributed by atoms with Crippen LogP contribution in [0.25, 0.3) is 0 Å². The van der Waals surface area contributed by atoms with Crippen LogP contribution in [0.2, 0.25) is 0 Å². The molecule has 1 heterocycles. The largest absolute Gasteiger partial charge is 0.273 e. The highest BCUT2D eigenvalue weighted by Crippen LogP contribution is 2.14. The SMILES string of the molecule is CC1CCC(=O)N(N)C1=O. The fourth-order valence-corrected chi connectivity index (χ4v) is 0.944. The maximum Gasteiger partial charge on any atom is 0.246 e. The van der Waals surface area contributed by atoms with Crippen molar-refractivity contribution in [2.45, 2.75) is 19.8 Å². The highest BCUT2D eigenvalue weighted by Gasteiger charge is 2.28. The molecule has 1 saturated heterocycles. The number of nitrogens with zero attached hydrogens (tertiary/aromatic N) is 1. The van der Waals surface area contributed by atoms with Gasteiger partial charge in [-0.25, -0.2) is 10.9 Å². The minimum Gasteiger partial charge on any atom is -0.273 e. The van der Waals surface area contributed by atoms with Crippen molar-refractivity contribution >= 4 is 11.8 Å². The molecule has 0 saturated carbocycles. The molecule has 0 bridgehead atoms. The molecule has 1 atom stereocenters. The van der Waals surface area contributed by atoms with Crippen LogP contribution in [0.4, 0.5) is 0 Å². The van der Waals surface area contributed by atoms with Crippen LogP contribution < -0.4 is 5.84 Å². The first-order valence-electron chi connectivity index (χ1n) is 3.24. The van der Waals surface area contributed by atoms with Gasteiger partial charge in [0.2, 0.25) is 11.8 Å². The number of hydrogen-bond donors (Lipinski definition) is 1. The molecule has 4 heteroatoms. The van der Waals surface area contributed by atoms with Gasteiger partial charge in [-0.2, -0.15) is 0 Å². The van der Waals surface area contributed by atoms with Crippen molar-refractivity contribution in [2.75, 3.05) is 0 Å². The monoisotopic (exact) mass is 142 g/mol. The van der Waals surface area contributed by atoms with E-state index in [2.05, 4.69) is 0 Å². The second-order valence-corrected chi connectivity index (χ2v) is 2.54. The molecule has 1 fully saturated rings. The van der Waals surface area contributed by atoms with Crippen LogP contribution in [-0.4, -0.2) is 16.8 Å². The van der Waals surface area contributed by atoms with Crippen molar-refractivity contribution in [3.63, 3.8) is 0 Å². The van der Waals surface area contributed by atoms with Crippen molar-refractivity contribution in [1.82, 2.24) is 5.01 Å². The van der Waals surface area contributed by atoms with Gasteiger partial charge in [0.05, 0.1) is 0 Å². The van der Waals surface area contributed by atoms with E-state index in [0.29, 0.717) is 17.9 Å². The second-order valence-electron chi connectivity index (χ2n) is 2.54. The molecule has 0 aromatic rings. The van der Waals surface area contributed by atoms with Crippen LogP contribution in [0.5, 0.6) is 0 Å². The van der Waals surface area contributed by atoms with Crippen molar-refractivity contribution in [3.05, 3.63) is 0 Å². The summed E-state index contributed by atoms with van der Waals surface area (Å²) < 4.78 is 0. The van der Waals surface area contributed by atoms with Gasteiger partial charge in [-0.1, -0.05) is 6.92 Å². The summed E-state index contributed by atoms with van der Waals surface area (Å²) in [5, 5.41) is 0.716. The van der Waals surface area contributed by atoms with Crippen LogP contribution >= 0.6 is 0 Å². The van der Waals surface area contributed by atoms with Gasteiger partial charge in [-0.05, 0) is 6.42 Å². The normalized spacial score (nSPS) is 27.4. The Bertz CT molecular complexity index is 179. The molecule has 1 aliphatic rings. The standard InChI is InChI=1S/C6H10N2O2/c1-4-2-3-5(9)8(7)6(4)10/h4H,2-3,7H2,1H3. The summed E-state index contributed by atoms with van der Waals surface area (Å²) in [6.07, 6.45) is 1.02. The Labute approximate surface area is 59.0 Å². The molecule has 0 aromatic carbocycles. The number of hydrogen-bond acceptors (Lipinski definition) is 3. The maximum absolute atomic E-state index is 10.9. The molecule has 4 nitrogen and oxygen atoms in total. The first kappa shape index (κ1) is 7.21. The average molecular weight is 142 g/mol. The second kappa shape index (κ2) is 2.38. The Hall–Kier alpha value is -0.900. The maximum atomic E-state index is 10.9. The van der Waals surface area contributed by atoms with E-state index in [4.69, 9.17) is 5.84 Å². The number of amides is 2. The van der Waals surface area contributed by atoms with Gasteiger partial charge >= 0.3 is 0 Å². The van der Waals surface area contributed by atoms with Crippen molar-refractivity contribution < 1.29 is 9.59 Å². The van der Waals surface area contributed by atoms with E-state index in [1.165, 1.54) is 0 Å². The highest BCUT2D eigenvalue weighted by atomic mass is 16.2. The topological polar surface area (TPSA) is 63.4 Å². The van der Waals surface area contributed by atoms with E-state index in [0.717, 1.165) is 0 Å². The summed E-state index contributed by atoms with van der Waals surface area (Å²) in [6.45, 7) is 1.77. The lowest BCUT2D eigenvalue weighted by Crippen LogP contribution is -2.48. The third-order valence-electron chi connectivity index (χ3n) is 1.72. The summed E-state index contributed by atoms with van der Waals surface area (Å²) in [6, 6.07) is 0. The molecule has 56 valence electrons. The molecule has 1 aliphatic heterocycles. The van der Waals surface area contributed by atoms with Crippen LogP contribution in [-0.2, 0) is 9.59 Å². The van der Waals surface area contributed by atoms with E-state index >= 15 is 0 Å². The Morgan fingerprint density at radius 2 is 2.20 bits per heavy atom. The molecule has 2 amide bonds. The van der Waals surface area contributed by atoms with Crippen LogP contribution in [0.15, 0.2) is 0 Å². The molecule has 10 heavy (non-hydrogen) atoms. The molecular weight excluding hydrogens is 132 g/mol. The number of carbonyl (C=O) groups is 2. The smallest absolute Gasteiger partial charge is 0.246 e. The zero-order valence-electron chi connectivity index (χ0n) is 5.83. The number of imide groups is 1. The van der Waals surface area contributed by atoms with Crippen molar-refractivity contribution in [3.8, 4) is 0 Å². The third-order valence-corrected chi connectivity index (χ3v) is 1.72. The summed E-state index contributed by atoms with van der Waals surface area (Å²) in [5.74, 6) is 4.51. The molecular formula is C6H10N2O2. The van der Waals surface area contributed by atoms with E-state index < -0.39 is 0 Å². The van der Waals surface area contributed by atoms with E-state index in [-0.39, 0.29) is 17.7 Å². The lowest BCUT2D eigenvalue weighted by molar-refractivity contribution is -0.151.